The molecule has 1 saturated heterocycles. The van der Waals surface area contributed by atoms with Gasteiger partial charge in [0.15, 0.2) is 5.82 Å². The minimum atomic E-state index is -0.0281. The molecule has 128 valence electrons. The molecule has 0 bridgehead atoms. The maximum atomic E-state index is 12.9. The zero-order valence-electron chi connectivity index (χ0n) is 14.2. The molecule has 7 heteroatoms. The first-order valence-electron chi connectivity index (χ1n) is 8.26. The molecular weight excluding hydrogens is 318 g/mol. The second-order valence-corrected chi connectivity index (χ2v) is 6.35. The van der Waals surface area contributed by atoms with Crippen molar-refractivity contribution in [3.05, 3.63) is 65.6 Å². The molecule has 25 heavy (non-hydrogen) atoms. The Kier molecular flexibility index (Phi) is 3.83. The van der Waals surface area contributed by atoms with Crippen molar-refractivity contribution < 1.29 is 9.32 Å². The number of rotatable bonds is 3. The van der Waals surface area contributed by atoms with E-state index in [1.54, 1.807) is 30.9 Å². The number of amides is 1. The number of benzene rings is 1. The van der Waals surface area contributed by atoms with Gasteiger partial charge in [0.2, 0.25) is 5.89 Å². The van der Waals surface area contributed by atoms with Gasteiger partial charge in [-0.05, 0) is 18.6 Å². The quantitative estimate of drug-likeness (QED) is 0.732. The normalized spacial score (nSPS) is 20.2. The molecule has 1 aliphatic heterocycles. The number of nitrogens with zero attached hydrogens (tertiary/aromatic N) is 5. The van der Waals surface area contributed by atoms with Crippen LogP contribution in [-0.4, -0.2) is 43.8 Å². The molecule has 1 amide bonds. The van der Waals surface area contributed by atoms with Gasteiger partial charge in [0, 0.05) is 32.3 Å². The minimum absolute atomic E-state index is 0.0132. The van der Waals surface area contributed by atoms with E-state index in [1.807, 2.05) is 23.1 Å². The highest BCUT2D eigenvalue weighted by molar-refractivity contribution is 5.92. The molecule has 3 aromatic rings. The predicted molar refractivity (Wildman–Crippen MR) is 90.1 cm³/mol. The predicted octanol–water partition coefficient (Wildman–Crippen LogP) is 2.13. The number of aryl methyl sites for hydroxylation is 2. The summed E-state index contributed by atoms with van der Waals surface area (Å²) in [5, 5.41) is 8.01. The molecule has 1 fully saturated rings. The first-order chi connectivity index (χ1) is 12.1. The number of hydrogen-bond donors (Lipinski definition) is 0. The summed E-state index contributed by atoms with van der Waals surface area (Å²) in [5.41, 5.74) is 1.75. The second-order valence-electron chi connectivity index (χ2n) is 6.35. The van der Waals surface area contributed by atoms with Gasteiger partial charge >= 0.3 is 0 Å². The van der Waals surface area contributed by atoms with E-state index in [2.05, 4.69) is 27.4 Å². The lowest BCUT2D eigenvalue weighted by molar-refractivity contribution is 0.0777. The maximum absolute atomic E-state index is 12.9. The monoisotopic (exact) mass is 337 g/mol. The van der Waals surface area contributed by atoms with Gasteiger partial charge in [-0.15, -0.1) is 0 Å². The second kappa shape index (κ2) is 6.16. The van der Waals surface area contributed by atoms with Crippen LogP contribution >= 0.6 is 0 Å². The first-order valence-corrected chi connectivity index (χ1v) is 8.26. The summed E-state index contributed by atoms with van der Waals surface area (Å²) in [5.74, 6) is 1.28. The van der Waals surface area contributed by atoms with Crippen molar-refractivity contribution >= 4 is 5.91 Å². The summed E-state index contributed by atoms with van der Waals surface area (Å²) in [6, 6.07) is 11.9. The number of likely N-dealkylation sites (tertiary alicyclic amines) is 1. The van der Waals surface area contributed by atoms with Crippen LogP contribution in [0.4, 0.5) is 0 Å². The third kappa shape index (κ3) is 2.82. The van der Waals surface area contributed by atoms with Gasteiger partial charge in [-0.25, -0.2) is 0 Å². The lowest BCUT2D eigenvalue weighted by Crippen LogP contribution is -2.30. The smallest absolute Gasteiger partial charge is 0.272 e. The third-order valence-corrected chi connectivity index (χ3v) is 4.74. The topological polar surface area (TPSA) is 77.0 Å². The van der Waals surface area contributed by atoms with Gasteiger partial charge in [-0.3, -0.25) is 9.48 Å². The Morgan fingerprint density at radius 1 is 1.16 bits per heavy atom. The molecule has 2 unspecified atom stereocenters. The fraction of sp³-hybridized carbons (Fsp3) is 0.333. The van der Waals surface area contributed by atoms with Gasteiger partial charge in [0.05, 0.1) is 5.92 Å². The number of carbonyl (C=O) groups is 1. The van der Waals surface area contributed by atoms with Crippen LogP contribution < -0.4 is 0 Å². The molecule has 0 N–H and O–H groups in total. The highest BCUT2D eigenvalue weighted by atomic mass is 16.5. The standard InChI is InChI=1S/C18H19N5O2/c1-12-20-17(25-21-12)15-11-23(18(24)16-8-9-19-22(16)2)10-14(15)13-6-4-3-5-7-13/h3-9,14-15H,10-11H2,1-2H3. The van der Waals surface area contributed by atoms with E-state index < -0.39 is 0 Å². The molecule has 2 atom stereocenters. The Balaban J connectivity index is 1.67. The van der Waals surface area contributed by atoms with Gasteiger partial charge in [0.1, 0.15) is 5.69 Å². The van der Waals surface area contributed by atoms with Crippen LogP contribution in [0.15, 0.2) is 47.1 Å². The summed E-state index contributed by atoms with van der Waals surface area (Å²) in [4.78, 5) is 19.1. The van der Waals surface area contributed by atoms with Crippen molar-refractivity contribution in [2.24, 2.45) is 7.05 Å². The van der Waals surface area contributed by atoms with Crippen LogP contribution in [0.3, 0.4) is 0 Å². The van der Waals surface area contributed by atoms with E-state index in [4.69, 9.17) is 4.52 Å². The molecule has 0 spiro atoms. The lowest BCUT2D eigenvalue weighted by atomic mass is 9.89. The molecule has 7 nitrogen and oxygen atoms in total. The summed E-state index contributed by atoms with van der Waals surface area (Å²) < 4.78 is 7.03. The molecular formula is C18H19N5O2. The fourth-order valence-corrected chi connectivity index (χ4v) is 3.47. The molecule has 3 heterocycles. The summed E-state index contributed by atoms with van der Waals surface area (Å²) in [7, 11) is 1.77. The SMILES string of the molecule is Cc1noc(C2CN(C(=O)c3ccnn3C)CC2c2ccccc2)n1. The zero-order valence-corrected chi connectivity index (χ0v) is 14.2. The van der Waals surface area contributed by atoms with E-state index in [1.165, 1.54) is 5.56 Å². The number of carbonyl (C=O) groups excluding carboxylic acids is 1. The summed E-state index contributed by atoms with van der Waals surface area (Å²) in [6.07, 6.45) is 1.64. The molecule has 1 aliphatic rings. The van der Waals surface area contributed by atoms with E-state index in [0.717, 1.165) is 0 Å². The minimum Gasteiger partial charge on any atom is -0.339 e. The van der Waals surface area contributed by atoms with Crippen LogP contribution in [0.2, 0.25) is 0 Å². The highest BCUT2D eigenvalue weighted by Gasteiger charge is 2.40. The van der Waals surface area contributed by atoms with Crippen LogP contribution in [-0.2, 0) is 7.05 Å². The van der Waals surface area contributed by atoms with Crippen LogP contribution in [0, 0.1) is 6.92 Å². The van der Waals surface area contributed by atoms with Crippen LogP contribution in [0.5, 0.6) is 0 Å². The summed E-state index contributed by atoms with van der Waals surface area (Å²) >= 11 is 0. The largest absolute Gasteiger partial charge is 0.339 e. The van der Waals surface area contributed by atoms with Gasteiger partial charge in [0.25, 0.3) is 5.91 Å². The average Bonchev–Trinajstić information content (AvgIpc) is 3.34. The molecule has 0 saturated carbocycles. The first kappa shape index (κ1) is 15.6. The van der Waals surface area contributed by atoms with Gasteiger partial charge < -0.3 is 9.42 Å². The molecule has 2 aromatic heterocycles. The number of hydrogen-bond acceptors (Lipinski definition) is 5. The van der Waals surface area contributed by atoms with E-state index in [9.17, 15) is 4.79 Å². The third-order valence-electron chi connectivity index (χ3n) is 4.74. The van der Waals surface area contributed by atoms with E-state index >= 15 is 0 Å². The van der Waals surface area contributed by atoms with Crippen LogP contribution in [0.1, 0.15) is 39.6 Å². The van der Waals surface area contributed by atoms with E-state index in [-0.39, 0.29) is 17.7 Å². The van der Waals surface area contributed by atoms with Crippen molar-refractivity contribution in [2.75, 3.05) is 13.1 Å². The molecule has 0 aliphatic carbocycles. The average molecular weight is 337 g/mol. The van der Waals surface area contributed by atoms with Crippen LogP contribution in [0.25, 0.3) is 0 Å². The van der Waals surface area contributed by atoms with Crippen molar-refractivity contribution in [3.8, 4) is 0 Å². The Labute approximate surface area is 145 Å². The van der Waals surface area contributed by atoms with Crippen molar-refractivity contribution in [3.63, 3.8) is 0 Å². The van der Waals surface area contributed by atoms with Gasteiger partial charge in [-0.2, -0.15) is 10.1 Å². The van der Waals surface area contributed by atoms with E-state index in [0.29, 0.717) is 30.5 Å². The zero-order chi connectivity index (χ0) is 17.4. The number of aromatic nitrogens is 4. The molecule has 0 radical (unpaired) electrons. The Morgan fingerprint density at radius 3 is 2.56 bits per heavy atom. The lowest BCUT2D eigenvalue weighted by Gasteiger charge is -2.16. The van der Waals surface area contributed by atoms with Crippen molar-refractivity contribution in [2.45, 2.75) is 18.8 Å². The summed E-state index contributed by atoms with van der Waals surface area (Å²) in [6.45, 7) is 2.96. The van der Waals surface area contributed by atoms with Crippen molar-refractivity contribution in [1.82, 2.24) is 24.8 Å². The Morgan fingerprint density at radius 2 is 1.92 bits per heavy atom. The van der Waals surface area contributed by atoms with Gasteiger partial charge in [-0.1, -0.05) is 35.5 Å². The fourth-order valence-electron chi connectivity index (χ4n) is 3.47. The van der Waals surface area contributed by atoms with Crippen molar-refractivity contribution in [1.29, 1.82) is 0 Å². The Hall–Kier alpha value is -2.96. The Bertz CT molecular complexity index is 886. The highest BCUT2D eigenvalue weighted by Crippen LogP contribution is 2.39. The maximum Gasteiger partial charge on any atom is 0.272 e. The molecule has 1 aromatic carbocycles. The molecule has 4 rings (SSSR count).